The minimum atomic E-state index is -4.35. The SMILES string of the molecule is CC(CC(=O)NCCOc1ccc(C(F)(F)F)cc1)C1CCNCC1.Cl. The highest BCUT2D eigenvalue weighted by Crippen LogP contribution is 2.30. The molecule has 0 aromatic heterocycles. The number of hydrogen-bond donors (Lipinski definition) is 2. The van der Waals surface area contributed by atoms with Gasteiger partial charge in [-0.2, -0.15) is 13.2 Å². The monoisotopic (exact) mass is 394 g/mol. The fourth-order valence-corrected chi connectivity index (χ4v) is 3.04. The van der Waals surface area contributed by atoms with Gasteiger partial charge in [-0.15, -0.1) is 12.4 Å². The van der Waals surface area contributed by atoms with Crippen molar-refractivity contribution in [1.82, 2.24) is 10.6 Å². The number of nitrogens with one attached hydrogen (secondary N) is 2. The molecule has 26 heavy (non-hydrogen) atoms. The van der Waals surface area contributed by atoms with Crippen LogP contribution in [0, 0.1) is 11.8 Å². The third-order valence-corrected chi connectivity index (χ3v) is 4.57. The number of ether oxygens (including phenoxy) is 1. The smallest absolute Gasteiger partial charge is 0.416 e. The van der Waals surface area contributed by atoms with E-state index in [1.807, 2.05) is 0 Å². The van der Waals surface area contributed by atoms with Gasteiger partial charge in [-0.3, -0.25) is 4.79 Å². The normalized spacial score (nSPS) is 16.5. The molecule has 1 aliphatic rings. The van der Waals surface area contributed by atoms with Crippen LogP contribution in [0.2, 0.25) is 0 Å². The molecule has 8 heteroatoms. The molecule has 1 saturated heterocycles. The number of rotatable bonds is 7. The summed E-state index contributed by atoms with van der Waals surface area (Å²) in [7, 11) is 0. The van der Waals surface area contributed by atoms with Gasteiger partial charge in [0.05, 0.1) is 12.1 Å². The molecule has 0 aliphatic carbocycles. The predicted octanol–water partition coefficient (Wildman–Crippen LogP) is 3.65. The molecule has 0 radical (unpaired) electrons. The zero-order valence-electron chi connectivity index (χ0n) is 14.8. The molecule has 2 rings (SSSR count). The van der Waals surface area contributed by atoms with Crippen LogP contribution >= 0.6 is 12.4 Å². The van der Waals surface area contributed by atoms with E-state index in [0.717, 1.165) is 38.1 Å². The van der Waals surface area contributed by atoms with Crippen molar-refractivity contribution in [2.45, 2.75) is 32.4 Å². The Labute approximate surface area is 158 Å². The van der Waals surface area contributed by atoms with Crippen LogP contribution in [0.4, 0.5) is 13.2 Å². The van der Waals surface area contributed by atoms with Crippen LogP contribution < -0.4 is 15.4 Å². The number of carbonyl (C=O) groups excluding carboxylic acids is 1. The van der Waals surface area contributed by atoms with E-state index in [1.54, 1.807) is 0 Å². The lowest BCUT2D eigenvalue weighted by Gasteiger charge is -2.27. The van der Waals surface area contributed by atoms with Crippen molar-refractivity contribution in [2.75, 3.05) is 26.2 Å². The zero-order valence-corrected chi connectivity index (χ0v) is 15.6. The van der Waals surface area contributed by atoms with E-state index < -0.39 is 11.7 Å². The lowest BCUT2D eigenvalue weighted by molar-refractivity contribution is -0.137. The Kier molecular flexibility index (Phi) is 9.22. The summed E-state index contributed by atoms with van der Waals surface area (Å²) < 4.78 is 42.7. The highest BCUT2D eigenvalue weighted by atomic mass is 35.5. The van der Waals surface area contributed by atoms with Crippen molar-refractivity contribution in [3.8, 4) is 5.75 Å². The van der Waals surface area contributed by atoms with Crippen molar-refractivity contribution in [3.63, 3.8) is 0 Å². The van der Waals surface area contributed by atoms with Crippen molar-refractivity contribution in [3.05, 3.63) is 29.8 Å². The quantitative estimate of drug-likeness (QED) is 0.694. The minimum absolute atomic E-state index is 0. The largest absolute Gasteiger partial charge is 0.492 e. The van der Waals surface area contributed by atoms with Crippen LogP contribution in [0.3, 0.4) is 0 Å². The van der Waals surface area contributed by atoms with Crippen LogP contribution in [0.1, 0.15) is 31.7 Å². The first-order chi connectivity index (χ1) is 11.9. The Bertz CT molecular complexity index is 546. The van der Waals surface area contributed by atoms with Crippen LogP contribution in [0.25, 0.3) is 0 Å². The second kappa shape index (κ2) is 10.6. The molecule has 0 saturated carbocycles. The second-order valence-corrected chi connectivity index (χ2v) is 6.49. The zero-order chi connectivity index (χ0) is 18.3. The summed E-state index contributed by atoms with van der Waals surface area (Å²) in [5.41, 5.74) is -0.708. The molecule has 1 atom stereocenters. The van der Waals surface area contributed by atoms with Crippen LogP contribution in [-0.2, 0) is 11.0 Å². The summed E-state index contributed by atoms with van der Waals surface area (Å²) >= 11 is 0. The summed E-state index contributed by atoms with van der Waals surface area (Å²) in [6.45, 7) is 4.68. The van der Waals surface area contributed by atoms with Gasteiger partial charge in [-0.1, -0.05) is 6.92 Å². The molecule has 1 aliphatic heterocycles. The molecular formula is C18H26ClF3N2O2. The van der Waals surface area contributed by atoms with E-state index in [9.17, 15) is 18.0 Å². The number of hydrogen-bond acceptors (Lipinski definition) is 3. The van der Waals surface area contributed by atoms with Crippen molar-refractivity contribution in [1.29, 1.82) is 0 Å². The van der Waals surface area contributed by atoms with Gasteiger partial charge < -0.3 is 15.4 Å². The maximum Gasteiger partial charge on any atom is 0.416 e. The van der Waals surface area contributed by atoms with E-state index in [2.05, 4.69) is 17.6 Å². The van der Waals surface area contributed by atoms with Crippen LogP contribution in [-0.4, -0.2) is 32.1 Å². The summed E-state index contributed by atoms with van der Waals surface area (Å²) in [5, 5.41) is 6.11. The molecular weight excluding hydrogens is 369 g/mol. The molecule has 1 unspecified atom stereocenters. The molecule has 1 amide bonds. The molecule has 1 aromatic rings. The van der Waals surface area contributed by atoms with Gasteiger partial charge in [0.1, 0.15) is 12.4 Å². The number of benzene rings is 1. The predicted molar refractivity (Wildman–Crippen MR) is 96.6 cm³/mol. The Morgan fingerprint density at radius 3 is 2.46 bits per heavy atom. The van der Waals surface area contributed by atoms with Gasteiger partial charge in [0.2, 0.25) is 5.91 Å². The molecule has 1 heterocycles. The lowest BCUT2D eigenvalue weighted by atomic mass is 9.84. The standard InChI is InChI=1S/C18H25F3N2O2.ClH/c1-13(14-6-8-22-9-7-14)12-17(24)23-10-11-25-16-4-2-15(3-5-16)18(19,20)21;/h2-5,13-14,22H,6-12H2,1H3,(H,23,24);1H. The van der Waals surface area contributed by atoms with Crippen molar-refractivity contribution >= 4 is 18.3 Å². The maximum absolute atomic E-state index is 12.5. The fraction of sp³-hybridized carbons (Fsp3) is 0.611. The number of halogens is 4. The van der Waals surface area contributed by atoms with Gasteiger partial charge in [0.25, 0.3) is 0 Å². The number of alkyl halides is 3. The van der Waals surface area contributed by atoms with Crippen LogP contribution in [0.15, 0.2) is 24.3 Å². The Morgan fingerprint density at radius 1 is 1.27 bits per heavy atom. The Morgan fingerprint density at radius 2 is 1.88 bits per heavy atom. The first-order valence-electron chi connectivity index (χ1n) is 8.63. The average molecular weight is 395 g/mol. The van der Waals surface area contributed by atoms with Gasteiger partial charge in [-0.05, 0) is 62.0 Å². The van der Waals surface area contributed by atoms with Crippen molar-refractivity contribution in [2.24, 2.45) is 11.8 Å². The third kappa shape index (κ3) is 7.41. The van der Waals surface area contributed by atoms with E-state index in [4.69, 9.17) is 4.74 Å². The lowest BCUT2D eigenvalue weighted by Crippen LogP contribution is -2.34. The van der Waals surface area contributed by atoms with E-state index >= 15 is 0 Å². The number of piperidine rings is 1. The van der Waals surface area contributed by atoms with Gasteiger partial charge in [0, 0.05) is 6.42 Å². The summed E-state index contributed by atoms with van der Waals surface area (Å²) in [6, 6.07) is 4.52. The molecule has 148 valence electrons. The summed E-state index contributed by atoms with van der Waals surface area (Å²) in [4.78, 5) is 12.0. The molecule has 0 bridgehead atoms. The fourth-order valence-electron chi connectivity index (χ4n) is 3.04. The van der Waals surface area contributed by atoms with Gasteiger partial charge in [0.15, 0.2) is 0 Å². The summed E-state index contributed by atoms with van der Waals surface area (Å²) in [5.74, 6) is 1.26. The summed E-state index contributed by atoms with van der Waals surface area (Å²) in [6.07, 6.45) is -1.65. The highest BCUT2D eigenvalue weighted by molar-refractivity contribution is 5.85. The molecule has 1 fully saturated rings. The molecule has 0 spiro atoms. The average Bonchev–Trinajstić information content (AvgIpc) is 2.59. The van der Waals surface area contributed by atoms with E-state index in [-0.39, 0.29) is 24.9 Å². The topological polar surface area (TPSA) is 50.4 Å². The van der Waals surface area contributed by atoms with Crippen LogP contribution in [0.5, 0.6) is 5.75 Å². The molecule has 1 aromatic carbocycles. The highest BCUT2D eigenvalue weighted by Gasteiger charge is 2.30. The van der Waals surface area contributed by atoms with Crippen molar-refractivity contribution < 1.29 is 22.7 Å². The minimum Gasteiger partial charge on any atom is -0.492 e. The second-order valence-electron chi connectivity index (χ2n) is 6.49. The molecule has 4 nitrogen and oxygen atoms in total. The maximum atomic E-state index is 12.5. The van der Waals surface area contributed by atoms with Gasteiger partial charge in [-0.25, -0.2) is 0 Å². The Hall–Kier alpha value is -1.47. The first-order valence-corrected chi connectivity index (χ1v) is 8.63. The number of carbonyl (C=O) groups is 1. The number of amides is 1. The van der Waals surface area contributed by atoms with E-state index in [0.29, 0.717) is 30.6 Å². The first kappa shape index (κ1) is 22.6. The van der Waals surface area contributed by atoms with Gasteiger partial charge >= 0.3 is 6.18 Å². The molecule has 2 N–H and O–H groups in total. The third-order valence-electron chi connectivity index (χ3n) is 4.57. The Balaban J connectivity index is 0.00000338. The van der Waals surface area contributed by atoms with E-state index in [1.165, 1.54) is 12.1 Å².